The summed E-state index contributed by atoms with van der Waals surface area (Å²) in [5.74, 6) is 0. The van der Waals surface area contributed by atoms with Crippen LogP contribution in [-0.2, 0) is 4.43 Å². The molecule has 2 radical (unpaired) electrons. The van der Waals surface area contributed by atoms with Gasteiger partial charge in [-0.2, -0.15) is 0 Å². The largest absolute Gasteiger partial charge is 0.396 e. The van der Waals surface area contributed by atoms with Crippen LogP contribution in [-0.4, -0.2) is 23.6 Å². The zero-order chi connectivity index (χ0) is 7.33. The van der Waals surface area contributed by atoms with Crippen molar-refractivity contribution in [2.75, 3.05) is 7.11 Å². The summed E-state index contributed by atoms with van der Waals surface area (Å²) in [5, 5.41) is 0. The lowest BCUT2D eigenvalue weighted by Gasteiger charge is -2.10. The van der Waals surface area contributed by atoms with E-state index in [9.17, 15) is 0 Å². The second-order valence-corrected chi connectivity index (χ2v) is 9.58. The minimum Gasteiger partial charge on any atom is -0.396 e. The van der Waals surface area contributed by atoms with Crippen molar-refractivity contribution in [3.63, 3.8) is 0 Å². The SMILES string of the molecule is C=C[Si]C[Si](Cl)(Cl)OC. The second-order valence-electron chi connectivity index (χ2n) is 1.43. The molecule has 0 atom stereocenters. The Bertz CT molecular complexity index is 96.6. The normalized spacial score (nSPS) is 11.4. The fraction of sp³-hybridized carbons (Fsp3) is 0.500. The maximum absolute atomic E-state index is 5.74. The number of halogens is 2. The predicted molar refractivity (Wildman–Crippen MR) is 45.2 cm³/mol. The fourth-order valence-corrected chi connectivity index (χ4v) is 3.76. The molecular weight excluding hydrogens is 191 g/mol. The van der Waals surface area contributed by atoms with Crippen molar-refractivity contribution >= 4 is 38.6 Å². The van der Waals surface area contributed by atoms with Gasteiger partial charge in [0.1, 0.15) is 0 Å². The third-order valence-corrected chi connectivity index (χ3v) is 7.43. The zero-order valence-electron chi connectivity index (χ0n) is 5.16. The van der Waals surface area contributed by atoms with Crippen molar-refractivity contribution in [3.05, 3.63) is 12.3 Å². The monoisotopic (exact) mass is 198 g/mol. The highest BCUT2D eigenvalue weighted by atomic mass is 35.7. The van der Waals surface area contributed by atoms with Crippen LogP contribution in [0.2, 0.25) is 5.67 Å². The third kappa shape index (κ3) is 5.17. The minimum atomic E-state index is -2.31. The molecule has 0 heterocycles. The average molecular weight is 199 g/mol. The van der Waals surface area contributed by atoms with Crippen molar-refractivity contribution in [2.45, 2.75) is 5.67 Å². The Balaban J connectivity index is 3.44. The maximum Gasteiger partial charge on any atom is 0.386 e. The molecule has 0 aromatic heterocycles. The Morgan fingerprint density at radius 2 is 2.33 bits per heavy atom. The lowest BCUT2D eigenvalue weighted by Crippen LogP contribution is -2.24. The summed E-state index contributed by atoms with van der Waals surface area (Å²) in [4.78, 5) is 0. The van der Waals surface area contributed by atoms with Gasteiger partial charge in [0.2, 0.25) is 0 Å². The molecule has 0 fully saturated rings. The first-order chi connectivity index (χ1) is 4.12. The van der Waals surface area contributed by atoms with E-state index in [0.29, 0.717) is 9.52 Å². The average Bonchev–Trinajstić information content (AvgIpc) is 1.84. The quantitative estimate of drug-likeness (QED) is 0.496. The molecule has 0 N–H and O–H groups in total. The standard InChI is InChI=1S/C4H8Cl2OSi2/c1-3-8-4-9(5,6)7-2/h3H,1,4H2,2H3. The molecule has 0 aliphatic carbocycles. The molecule has 1 nitrogen and oxygen atoms in total. The van der Waals surface area contributed by atoms with E-state index in [-0.39, 0.29) is 0 Å². The van der Waals surface area contributed by atoms with Gasteiger partial charge in [0.05, 0.1) is 9.52 Å². The van der Waals surface area contributed by atoms with Crippen LogP contribution < -0.4 is 0 Å². The zero-order valence-corrected chi connectivity index (χ0v) is 8.67. The number of hydrogen-bond donors (Lipinski definition) is 0. The van der Waals surface area contributed by atoms with Crippen molar-refractivity contribution in [2.24, 2.45) is 0 Å². The molecule has 52 valence electrons. The first kappa shape index (κ1) is 9.71. The molecule has 0 unspecified atom stereocenters. The lowest BCUT2D eigenvalue weighted by molar-refractivity contribution is 0.431. The van der Waals surface area contributed by atoms with Crippen LogP contribution in [0.25, 0.3) is 0 Å². The van der Waals surface area contributed by atoms with Crippen LogP contribution in [0.1, 0.15) is 0 Å². The molecule has 0 rings (SSSR count). The fourth-order valence-electron chi connectivity index (χ4n) is 0.263. The Hall–Kier alpha value is 0.714. The van der Waals surface area contributed by atoms with Crippen molar-refractivity contribution in [1.29, 1.82) is 0 Å². The highest BCUT2D eigenvalue weighted by Crippen LogP contribution is 2.19. The van der Waals surface area contributed by atoms with Gasteiger partial charge >= 0.3 is 6.94 Å². The Kier molecular flexibility index (Phi) is 4.88. The molecule has 0 saturated carbocycles. The van der Waals surface area contributed by atoms with Crippen LogP contribution in [0, 0.1) is 0 Å². The molecule has 0 saturated heterocycles. The van der Waals surface area contributed by atoms with Gasteiger partial charge < -0.3 is 4.43 Å². The minimum absolute atomic E-state index is 0.610. The van der Waals surface area contributed by atoms with Crippen molar-refractivity contribution in [3.8, 4) is 0 Å². The molecule has 0 spiro atoms. The van der Waals surface area contributed by atoms with Gasteiger partial charge in [0, 0.05) is 7.11 Å². The molecule has 0 aromatic rings. The topological polar surface area (TPSA) is 9.23 Å². The molecule has 0 aliphatic rings. The Labute approximate surface area is 68.4 Å². The smallest absolute Gasteiger partial charge is 0.386 e. The summed E-state index contributed by atoms with van der Waals surface area (Å²) < 4.78 is 4.87. The highest BCUT2D eigenvalue weighted by Gasteiger charge is 2.27. The Morgan fingerprint density at radius 3 is 2.67 bits per heavy atom. The number of rotatable bonds is 4. The summed E-state index contributed by atoms with van der Waals surface area (Å²) in [6, 6.07) is 0. The number of hydrogen-bond acceptors (Lipinski definition) is 1. The van der Waals surface area contributed by atoms with E-state index in [1.54, 1.807) is 7.11 Å². The molecule has 0 aliphatic heterocycles. The summed E-state index contributed by atoms with van der Waals surface area (Å²) in [6.07, 6.45) is 0. The molecule has 9 heavy (non-hydrogen) atoms. The van der Waals surface area contributed by atoms with Crippen LogP contribution in [0.3, 0.4) is 0 Å². The molecular formula is C4H8Cl2OSi2. The highest BCUT2D eigenvalue weighted by molar-refractivity contribution is 7.43. The van der Waals surface area contributed by atoms with Gasteiger partial charge in [-0.05, 0) is 5.67 Å². The first-order valence-electron chi connectivity index (χ1n) is 2.39. The van der Waals surface area contributed by atoms with Crippen LogP contribution in [0.5, 0.6) is 0 Å². The van der Waals surface area contributed by atoms with Crippen LogP contribution in [0.15, 0.2) is 12.3 Å². The van der Waals surface area contributed by atoms with E-state index < -0.39 is 6.94 Å². The summed E-state index contributed by atoms with van der Waals surface area (Å²) in [6.45, 7) is 1.25. The van der Waals surface area contributed by atoms with Crippen molar-refractivity contribution < 1.29 is 4.43 Å². The van der Waals surface area contributed by atoms with E-state index in [1.807, 2.05) is 5.70 Å². The van der Waals surface area contributed by atoms with E-state index in [1.165, 1.54) is 0 Å². The van der Waals surface area contributed by atoms with Gasteiger partial charge in [-0.3, -0.25) is 0 Å². The maximum atomic E-state index is 5.74. The van der Waals surface area contributed by atoms with Gasteiger partial charge in [0.15, 0.2) is 0 Å². The van der Waals surface area contributed by atoms with E-state index >= 15 is 0 Å². The predicted octanol–water partition coefficient (Wildman–Crippen LogP) is 1.85. The van der Waals surface area contributed by atoms with Gasteiger partial charge in [-0.1, -0.05) is 0 Å². The third-order valence-electron chi connectivity index (χ3n) is 0.751. The van der Waals surface area contributed by atoms with E-state index in [4.69, 9.17) is 26.6 Å². The summed E-state index contributed by atoms with van der Waals surface area (Å²) >= 11 is 11.5. The summed E-state index contributed by atoms with van der Waals surface area (Å²) in [7, 11) is 2.15. The molecule has 5 heteroatoms. The lowest BCUT2D eigenvalue weighted by atomic mass is 11.3. The molecule has 0 amide bonds. The van der Waals surface area contributed by atoms with Gasteiger partial charge in [0.25, 0.3) is 0 Å². The molecule has 0 aromatic carbocycles. The van der Waals surface area contributed by atoms with E-state index in [2.05, 4.69) is 6.58 Å². The van der Waals surface area contributed by atoms with Crippen LogP contribution >= 0.6 is 22.2 Å². The molecule has 0 bridgehead atoms. The second kappa shape index (κ2) is 4.52. The Morgan fingerprint density at radius 1 is 1.78 bits per heavy atom. The van der Waals surface area contributed by atoms with E-state index in [0.717, 1.165) is 5.67 Å². The first-order valence-corrected chi connectivity index (χ1v) is 7.82. The van der Waals surface area contributed by atoms with Crippen LogP contribution in [0.4, 0.5) is 0 Å². The summed E-state index contributed by atoms with van der Waals surface area (Å²) in [5.41, 5.74) is 2.56. The van der Waals surface area contributed by atoms with Crippen molar-refractivity contribution in [1.82, 2.24) is 0 Å². The van der Waals surface area contributed by atoms with Gasteiger partial charge in [-0.15, -0.1) is 34.4 Å². The van der Waals surface area contributed by atoms with Gasteiger partial charge in [-0.25, -0.2) is 0 Å².